The van der Waals surface area contributed by atoms with Gasteiger partial charge in [0.15, 0.2) is 5.12 Å². The molecule has 0 aliphatic heterocycles. The molecule has 0 aliphatic rings. The molecule has 2 nitrogen and oxygen atoms in total. The van der Waals surface area contributed by atoms with Crippen molar-refractivity contribution in [2.24, 2.45) is 0 Å². The number of fused-ring (bicyclic) bond motifs is 3. The minimum atomic E-state index is 0.102. The molecule has 3 heteroatoms. The van der Waals surface area contributed by atoms with E-state index in [1.54, 1.807) is 6.92 Å². The van der Waals surface area contributed by atoms with Gasteiger partial charge >= 0.3 is 0 Å². The molecular weight excluding hydrogens is 266 g/mol. The number of H-pyrrole nitrogens is 1. The molecule has 2 aromatic carbocycles. The summed E-state index contributed by atoms with van der Waals surface area (Å²) < 4.78 is 0. The van der Waals surface area contributed by atoms with Crippen LogP contribution in [0.5, 0.6) is 0 Å². The number of benzene rings is 2. The molecule has 0 saturated carbocycles. The summed E-state index contributed by atoms with van der Waals surface area (Å²) in [5.41, 5.74) is 3.20. The summed E-state index contributed by atoms with van der Waals surface area (Å²) in [5, 5.41) is 2.55. The van der Waals surface area contributed by atoms with Crippen LogP contribution in [0, 0.1) is 11.8 Å². The van der Waals surface area contributed by atoms with Gasteiger partial charge in [0.2, 0.25) is 0 Å². The van der Waals surface area contributed by atoms with Crippen molar-refractivity contribution in [3.8, 4) is 11.8 Å². The monoisotopic (exact) mass is 279 g/mol. The van der Waals surface area contributed by atoms with Gasteiger partial charge in [-0.05, 0) is 18.2 Å². The SMILES string of the molecule is CC(=O)SCC#Cc1ccc2c(c1)[nH]c1ccccc12. The number of carbonyl (C=O) groups is 1. The highest BCUT2D eigenvalue weighted by atomic mass is 32.2. The van der Waals surface area contributed by atoms with Gasteiger partial charge < -0.3 is 4.98 Å². The zero-order valence-electron chi connectivity index (χ0n) is 11.1. The van der Waals surface area contributed by atoms with Gasteiger partial charge in [0, 0.05) is 34.3 Å². The molecule has 0 aliphatic carbocycles. The van der Waals surface area contributed by atoms with Gasteiger partial charge in [-0.15, -0.1) is 0 Å². The van der Waals surface area contributed by atoms with Crippen LogP contribution in [0.25, 0.3) is 21.8 Å². The minimum absolute atomic E-state index is 0.102. The van der Waals surface area contributed by atoms with Crippen LogP contribution < -0.4 is 0 Å². The first-order chi connectivity index (χ1) is 9.74. The normalized spacial score (nSPS) is 10.4. The Balaban J connectivity index is 1.94. The molecule has 0 unspecified atom stereocenters. The molecular formula is C17H13NOS. The first-order valence-corrected chi connectivity index (χ1v) is 7.35. The average Bonchev–Trinajstić information content (AvgIpc) is 2.81. The topological polar surface area (TPSA) is 32.9 Å². The maximum absolute atomic E-state index is 10.8. The van der Waals surface area contributed by atoms with Crippen molar-refractivity contribution >= 4 is 38.7 Å². The Kier molecular flexibility index (Phi) is 3.49. The fourth-order valence-electron chi connectivity index (χ4n) is 2.21. The molecule has 0 radical (unpaired) electrons. The van der Waals surface area contributed by atoms with Crippen LogP contribution in [0.3, 0.4) is 0 Å². The van der Waals surface area contributed by atoms with E-state index in [-0.39, 0.29) is 5.12 Å². The summed E-state index contributed by atoms with van der Waals surface area (Å²) in [5.74, 6) is 6.64. The lowest BCUT2D eigenvalue weighted by atomic mass is 10.1. The van der Waals surface area contributed by atoms with Crippen molar-refractivity contribution in [1.82, 2.24) is 4.98 Å². The molecule has 0 atom stereocenters. The molecule has 1 N–H and O–H groups in total. The van der Waals surface area contributed by atoms with Crippen molar-refractivity contribution in [2.45, 2.75) is 6.92 Å². The predicted octanol–water partition coefficient (Wildman–Crippen LogP) is 3.95. The highest BCUT2D eigenvalue weighted by Gasteiger charge is 2.03. The smallest absolute Gasteiger partial charge is 0.186 e. The Hall–Kier alpha value is -2.18. The lowest BCUT2D eigenvalue weighted by Crippen LogP contribution is -1.82. The zero-order valence-corrected chi connectivity index (χ0v) is 11.9. The first-order valence-electron chi connectivity index (χ1n) is 6.37. The van der Waals surface area contributed by atoms with Crippen molar-refractivity contribution in [3.05, 3.63) is 48.0 Å². The summed E-state index contributed by atoms with van der Waals surface area (Å²) in [4.78, 5) is 14.2. The number of hydrogen-bond acceptors (Lipinski definition) is 2. The maximum atomic E-state index is 10.8. The number of para-hydroxylation sites is 1. The van der Waals surface area contributed by atoms with Crippen LogP contribution in [0.15, 0.2) is 42.5 Å². The molecule has 1 aromatic heterocycles. The van der Waals surface area contributed by atoms with Crippen molar-refractivity contribution in [2.75, 3.05) is 5.75 Å². The number of rotatable bonds is 1. The molecule has 0 fully saturated rings. The van der Waals surface area contributed by atoms with E-state index in [1.165, 1.54) is 22.5 Å². The third-order valence-electron chi connectivity index (χ3n) is 3.09. The molecule has 98 valence electrons. The third kappa shape index (κ3) is 2.56. The Morgan fingerprint density at radius 2 is 1.95 bits per heavy atom. The van der Waals surface area contributed by atoms with Crippen molar-refractivity contribution in [3.63, 3.8) is 0 Å². The van der Waals surface area contributed by atoms with Crippen LogP contribution in [-0.4, -0.2) is 15.9 Å². The molecule has 3 rings (SSSR count). The Labute approximate surface area is 121 Å². The molecule has 1 heterocycles. The van der Waals surface area contributed by atoms with E-state index in [0.29, 0.717) is 5.75 Å². The van der Waals surface area contributed by atoms with Gasteiger partial charge in [-0.25, -0.2) is 0 Å². The van der Waals surface area contributed by atoms with Crippen LogP contribution in [-0.2, 0) is 4.79 Å². The Morgan fingerprint density at radius 1 is 1.15 bits per heavy atom. The largest absolute Gasteiger partial charge is 0.354 e. The molecule has 0 saturated heterocycles. The minimum Gasteiger partial charge on any atom is -0.354 e. The summed E-state index contributed by atoms with van der Waals surface area (Å²) in [6.07, 6.45) is 0. The zero-order chi connectivity index (χ0) is 13.9. The van der Waals surface area contributed by atoms with Crippen molar-refractivity contribution < 1.29 is 4.79 Å². The summed E-state index contributed by atoms with van der Waals surface area (Å²) in [7, 11) is 0. The Morgan fingerprint density at radius 3 is 2.80 bits per heavy atom. The number of nitrogens with one attached hydrogen (secondary N) is 1. The molecule has 0 bridgehead atoms. The van der Waals surface area contributed by atoms with Gasteiger partial charge in [-0.3, -0.25) is 4.79 Å². The van der Waals surface area contributed by atoms with E-state index < -0.39 is 0 Å². The average molecular weight is 279 g/mol. The predicted molar refractivity (Wildman–Crippen MR) is 85.8 cm³/mol. The van der Waals surface area contributed by atoms with E-state index >= 15 is 0 Å². The molecule has 0 spiro atoms. The summed E-state index contributed by atoms with van der Waals surface area (Å²) >= 11 is 1.24. The molecule has 0 amide bonds. The number of thioether (sulfide) groups is 1. The standard InChI is InChI=1S/C17H13NOS/c1-12(19)20-10-4-5-13-8-9-15-14-6-2-3-7-16(14)18-17(15)11-13/h2-3,6-9,11,18H,10H2,1H3. The molecule has 3 aromatic rings. The fourth-order valence-corrected chi connectivity index (χ4v) is 2.56. The van der Waals surface area contributed by atoms with Crippen molar-refractivity contribution in [1.29, 1.82) is 0 Å². The third-order valence-corrected chi connectivity index (χ3v) is 3.78. The lowest BCUT2D eigenvalue weighted by Gasteiger charge is -1.92. The van der Waals surface area contributed by atoms with Crippen LogP contribution in [0.2, 0.25) is 0 Å². The highest BCUT2D eigenvalue weighted by Crippen LogP contribution is 2.25. The number of aromatic nitrogens is 1. The van der Waals surface area contributed by atoms with Gasteiger partial charge in [-0.1, -0.05) is 47.9 Å². The van der Waals surface area contributed by atoms with Gasteiger partial charge in [0.05, 0.1) is 5.75 Å². The summed E-state index contributed by atoms with van der Waals surface area (Å²) in [6, 6.07) is 14.4. The fraction of sp³-hybridized carbons (Fsp3) is 0.118. The lowest BCUT2D eigenvalue weighted by molar-refractivity contribution is -0.109. The second-order valence-electron chi connectivity index (χ2n) is 4.51. The van der Waals surface area contributed by atoms with Crippen LogP contribution in [0.1, 0.15) is 12.5 Å². The van der Waals surface area contributed by atoms with Crippen LogP contribution >= 0.6 is 11.8 Å². The van der Waals surface area contributed by atoms with Gasteiger partial charge in [0.25, 0.3) is 0 Å². The van der Waals surface area contributed by atoms with Gasteiger partial charge in [0.1, 0.15) is 0 Å². The van der Waals surface area contributed by atoms with E-state index in [2.05, 4.69) is 41.1 Å². The quantitative estimate of drug-likeness (QED) is 0.684. The number of aromatic amines is 1. The van der Waals surface area contributed by atoms with E-state index in [0.717, 1.165) is 16.6 Å². The van der Waals surface area contributed by atoms with E-state index in [9.17, 15) is 4.79 Å². The summed E-state index contributed by atoms with van der Waals surface area (Å²) in [6.45, 7) is 1.56. The van der Waals surface area contributed by atoms with E-state index in [1.807, 2.05) is 18.2 Å². The second kappa shape index (κ2) is 5.44. The Bertz CT molecular complexity index is 851. The van der Waals surface area contributed by atoms with E-state index in [4.69, 9.17) is 0 Å². The highest BCUT2D eigenvalue weighted by molar-refractivity contribution is 8.13. The molecule has 20 heavy (non-hydrogen) atoms. The van der Waals surface area contributed by atoms with Crippen LogP contribution in [0.4, 0.5) is 0 Å². The first kappa shape index (κ1) is 12.8. The number of hydrogen-bond donors (Lipinski definition) is 1. The second-order valence-corrected chi connectivity index (χ2v) is 5.67. The van der Waals surface area contributed by atoms with Gasteiger partial charge in [-0.2, -0.15) is 0 Å². The maximum Gasteiger partial charge on any atom is 0.186 e. The number of carbonyl (C=O) groups excluding carboxylic acids is 1.